The van der Waals surface area contributed by atoms with Crippen LogP contribution >= 0.6 is 11.3 Å². The summed E-state index contributed by atoms with van der Waals surface area (Å²) in [6.45, 7) is 8.64. The first kappa shape index (κ1) is 13.7. The predicted molar refractivity (Wildman–Crippen MR) is 72.1 cm³/mol. The third kappa shape index (κ3) is 4.22. The van der Waals surface area contributed by atoms with Crippen LogP contribution in [0.5, 0.6) is 0 Å². The fraction of sp³-hybridized carbons (Fsp3) is 0.769. The number of aromatic nitrogens is 1. The SMILES string of the molecule is CCCCc1nc(CCC)c(CNCC)s1. The summed E-state index contributed by atoms with van der Waals surface area (Å²) in [6, 6.07) is 0. The zero-order valence-corrected chi connectivity index (χ0v) is 11.6. The Morgan fingerprint density at radius 3 is 2.56 bits per heavy atom. The van der Waals surface area contributed by atoms with E-state index in [-0.39, 0.29) is 0 Å². The molecule has 0 saturated carbocycles. The Morgan fingerprint density at radius 1 is 1.12 bits per heavy atom. The summed E-state index contributed by atoms with van der Waals surface area (Å²) < 4.78 is 0. The Hall–Kier alpha value is -0.410. The number of unbranched alkanes of at least 4 members (excludes halogenated alkanes) is 1. The lowest BCUT2D eigenvalue weighted by molar-refractivity contribution is 0.722. The maximum Gasteiger partial charge on any atom is 0.0931 e. The molecular weight excluding hydrogens is 216 g/mol. The van der Waals surface area contributed by atoms with Gasteiger partial charge < -0.3 is 5.32 Å². The fourth-order valence-electron chi connectivity index (χ4n) is 1.68. The Labute approximate surface area is 103 Å². The van der Waals surface area contributed by atoms with Gasteiger partial charge >= 0.3 is 0 Å². The minimum atomic E-state index is 0.996. The first-order valence-electron chi connectivity index (χ1n) is 6.49. The topological polar surface area (TPSA) is 24.9 Å². The van der Waals surface area contributed by atoms with Crippen molar-refractivity contribution in [3.63, 3.8) is 0 Å². The summed E-state index contributed by atoms with van der Waals surface area (Å²) in [7, 11) is 0. The van der Waals surface area contributed by atoms with Crippen LogP contribution in [-0.4, -0.2) is 11.5 Å². The molecule has 2 nitrogen and oxygen atoms in total. The van der Waals surface area contributed by atoms with Crippen molar-refractivity contribution in [2.45, 2.75) is 59.4 Å². The largest absolute Gasteiger partial charge is 0.312 e. The summed E-state index contributed by atoms with van der Waals surface area (Å²) in [4.78, 5) is 6.22. The first-order valence-corrected chi connectivity index (χ1v) is 7.31. The molecule has 3 heteroatoms. The van der Waals surface area contributed by atoms with Crippen molar-refractivity contribution < 1.29 is 0 Å². The Bertz CT molecular complexity index is 294. The van der Waals surface area contributed by atoms with Gasteiger partial charge in [0.05, 0.1) is 10.7 Å². The molecule has 0 atom stereocenters. The van der Waals surface area contributed by atoms with Crippen LogP contribution in [-0.2, 0) is 19.4 Å². The second-order valence-corrected chi connectivity index (χ2v) is 5.28. The van der Waals surface area contributed by atoms with Gasteiger partial charge in [-0.25, -0.2) is 4.98 Å². The van der Waals surface area contributed by atoms with Crippen LogP contribution in [0.15, 0.2) is 0 Å². The average Bonchev–Trinajstić information content (AvgIpc) is 2.67. The highest BCUT2D eigenvalue weighted by atomic mass is 32.1. The maximum absolute atomic E-state index is 4.77. The van der Waals surface area contributed by atoms with Gasteiger partial charge in [0, 0.05) is 11.4 Å². The van der Waals surface area contributed by atoms with E-state index in [1.54, 1.807) is 0 Å². The predicted octanol–water partition coefficient (Wildman–Crippen LogP) is 3.55. The highest BCUT2D eigenvalue weighted by Crippen LogP contribution is 2.21. The van der Waals surface area contributed by atoms with E-state index in [1.807, 2.05) is 11.3 Å². The lowest BCUT2D eigenvalue weighted by Crippen LogP contribution is -2.11. The molecule has 0 unspecified atom stereocenters. The van der Waals surface area contributed by atoms with E-state index in [4.69, 9.17) is 4.98 Å². The van der Waals surface area contributed by atoms with E-state index in [1.165, 1.54) is 34.8 Å². The van der Waals surface area contributed by atoms with Crippen molar-refractivity contribution >= 4 is 11.3 Å². The molecule has 1 heterocycles. The van der Waals surface area contributed by atoms with Crippen molar-refractivity contribution in [3.05, 3.63) is 15.6 Å². The molecule has 0 aliphatic rings. The van der Waals surface area contributed by atoms with Gasteiger partial charge in [0.2, 0.25) is 0 Å². The Balaban J connectivity index is 2.65. The zero-order chi connectivity index (χ0) is 11.8. The summed E-state index contributed by atoms with van der Waals surface area (Å²) in [5.41, 5.74) is 1.33. The number of hydrogen-bond acceptors (Lipinski definition) is 3. The van der Waals surface area contributed by atoms with E-state index in [0.717, 1.165) is 25.9 Å². The first-order chi connectivity index (χ1) is 7.81. The third-order valence-electron chi connectivity index (χ3n) is 2.59. The Kier molecular flexibility index (Phi) is 6.65. The summed E-state index contributed by atoms with van der Waals surface area (Å²) in [5, 5.41) is 4.73. The quantitative estimate of drug-likeness (QED) is 0.751. The van der Waals surface area contributed by atoms with Crippen molar-refractivity contribution in [2.75, 3.05) is 6.54 Å². The molecule has 0 aromatic carbocycles. The molecule has 1 aromatic heterocycles. The van der Waals surface area contributed by atoms with Gasteiger partial charge in [-0.15, -0.1) is 11.3 Å². The number of thiazole rings is 1. The van der Waals surface area contributed by atoms with Crippen LogP contribution in [0, 0.1) is 0 Å². The van der Waals surface area contributed by atoms with Crippen LogP contribution in [0.25, 0.3) is 0 Å². The molecule has 0 bridgehead atoms. The molecule has 1 aromatic rings. The van der Waals surface area contributed by atoms with E-state index in [0.29, 0.717) is 0 Å². The molecular formula is C13H24N2S. The van der Waals surface area contributed by atoms with Gasteiger partial charge in [-0.3, -0.25) is 0 Å². The van der Waals surface area contributed by atoms with Gasteiger partial charge in [-0.1, -0.05) is 33.6 Å². The molecule has 0 saturated heterocycles. The Morgan fingerprint density at radius 2 is 1.94 bits per heavy atom. The van der Waals surface area contributed by atoms with Gasteiger partial charge in [-0.05, 0) is 25.8 Å². The molecule has 0 aliphatic carbocycles. The van der Waals surface area contributed by atoms with E-state index in [9.17, 15) is 0 Å². The van der Waals surface area contributed by atoms with Crippen molar-refractivity contribution in [1.82, 2.24) is 10.3 Å². The van der Waals surface area contributed by atoms with Crippen molar-refractivity contribution in [3.8, 4) is 0 Å². The lowest BCUT2D eigenvalue weighted by Gasteiger charge is -2.00. The van der Waals surface area contributed by atoms with Crippen LogP contribution in [0.4, 0.5) is 0 Å². The number of nitrogens with zero attached hydrogens (tertiary/aromatic N) is 1. The number of rotatable bonds is 8. The molecule has 1 rings (SSSR count). The lowest BCUT2D eigenvalue weighted by atomic mass is 10.2. The molecule has 0 radical (unpaired) electrons. The number of nitrogens with one attached hydrogen (secondary N) is 1. The van der Waals surface area contributed by atoms with Gasteiger partial charge in [0.25, 0.3) is 0 Å². The van der Waals surface area contributed by atoms with Crippen LogP contribution in [0.2, 0.25) is 0 Å². The number of hydrogen-bond donors (Lipinski definition) is 1. The third-order valence-corrected chi connectivity index (χ3v) is 3.75. The van der Waals surface area contributed by atoms with Gasteiger partial charge in [0.15, 0.2) is 0 Å². The zero-order valence-electron chi connectivity index (χ0n) is 10.8. The second kappa shape index (κ2) is 7.80. The van der Waals surface area contributed by atoms with E-state index >= 15 is 0 Å². The van der Waals surface area contributed by atoms with E-state index < -0.39 is 0 Å². The van der Waals surface area contributed by atoms with E-state index in [2.05, 4.69) is 26.1 Å². The highest BCUT2D eigenvalue weighted by molar-refractivity contribution is 7.11. The van der Waals surface area contributed by atoms with Crippen LogP contribution < -0.4 is 5.32 Å². The number of aryl methyl sites for hydroxylation is 2. The molecule has 0 aliphatic heterocycles. The average molecular weight is 240 g/mol. The normalized spacial score (nSPS) is 10.9. The van der Waals surface area contributed by atoms with Crippen molar-refractivity contribution in [1.29, 1.82) is 0 Å². The molecule has 0 spiro atoms. The standard InChI is InChI=1S/C13H24N2S/c1-4-7-9-13-15-11(8-5-2)12(16-13)10-14-6-3/h14H,4-10H2,1-3H3. The summed E-state index contributed by atoms with van der Waals surface area (Å²) >= 11 is 1.91. The minimum Gasteiger partial charge on any atom is -0.312 e. The second-order valence-electron chi connectivity index (χ2n) is 4.11. The minimum absolute atomic E-state index is 0.996. The fourth-order valence-corrected chi connectivity index (χ4v) is 2.81. The summed E-state index contributed by atoms with van der Waals surface area (Å²) in [5.74, 6) is 0. The molecule has 16 heavy (non-hydrogen) atoms. The van der Waals surface area contributed by atoms with Crippen LogP contribution in [0.3, 0.4) is 0 Å². The molecule has 1 N–H and O–H groups in total. The molecule has 0 fully saturated rings. The summed E-state index contributed by atoms with van der Waals surface area (Å²) in [6.07, 6.45) is 5.99. The van der Waals surface area contributed by atoms with Crippen LogP contribution in [0.1, 0.15) is 55.6 Å². The maximum atomic E-state index is 4.77. The monoisotopic (exact) mass is 240 g/mol. The van der Waals surface area contributed by atoms with Crippen molar-refractivity contribution in [2.24, 2.45) is 0 Å². The molecule has 0 amide bonds. The smallest absolute Gasteiger partial charge is 0.0931 e. The molecule has 92 valence electrons. The van der Waals surface area contributed by atoms with Gasteiger partial charge in [-0.2, -0.15) is 0 Å². The van der Waals surface area contributed by atoms with Gasteiger partial charge in [0.1, 0.15) is 0 Å². The highest BCUT2D eigenvalue weighted by Gasteiger charge is 2.09.